The van der Waals surface area contributed by atoms with Crippen LogP contribution in [0.25, 0.3) is 21.9 Å². The number of nitrogens with one attached hydrogen (secondary N) is 4. The smallest absolute Gasteiger partial charge is 0.308 e. The highest BCUT2D eigenvalue weighted by molar-refractivity contribution is 6.08. The van der Waals surface area contributed by atoms with E-state index in [0.717, 1.165) is 0 Å². The van der Waals surface area contributed by atoms with Crippen molar-refractivity contribution in [2.75, 3.05) is 21.3 Å². The number of rotatable bonds is 5. The molecule has 4 aromatic carbocycles. The maximum atomic E-state index is 14.1. The molecule has 0 bridgehead atoms. The lowest BCUT2D eigenvalue weighted by Crippen LogP contribution is -2.21. The summed E-state index contributed by atoms with van der Waals surface area (Å²) in [5.74, 6) is -2.15. The van der Waals surface area contributed by atoms with Crippen molar-refractivity contribution in [2.45, 2.75) is 12.4 Å². The van der Waals surface area contributed by atoms with Crippen molar-refractivity contribution in [3.05, 3.63) is 114 Å². The van der Waals surface area contributed by atoms with Gasteiger partial charge in [0.2, 0.25) is 0 Å². The van der Waals surface area contributed by atoms with Gasteiger partial charge in [-0.25, -0.2) is 23.4 Å². The summed E-state index contributed by atoms with van der Waals surface area (Å²) in [7, 11) is 0. The zero-order valence-electron chi connectivity index (χ0n) is 22.9. The summed E-state index contributed by atoms with van der Waals surface area (Å²) in [5.41, 5.74) is -2.35. The molecule has 1 aromatic heterocycles. The fraction of sp³-hybridized carbons (Fsp3) is 0.0645. The molecule has 0 unspecified atom stereocenters. The normalized spacial score (nSPS) is 11.7. The van der Waals surface area contributed by atoms with Gasteiger partial charge in [0.1, 0.15) is 17.5 Å². The lowest BCUT2D eigenvalue weighted by Gasteiger charge is -2.14. The van der Waals surface area contributed by atoms with E-state index >= 15 is 0 Å². The van der Waals surface area contributed by atoms with Crippen LogP contribution < -0.4 is 21.3 Å². The van der Waals surface area contributed by atoms with Crippen molar-refractivity contribution in [1.29, 1.82) is 0 Å². The van der Waals surface area contributed by atoms with E-state index in [1.54, 1.807) is 36.4 Å². The van der Waals surface area contributed by atoms with E-state index in [4.69, 9.17) is 0 Å². The van der Waals surface area contributed by atoms with Gasteiger partial charge >= 0.3 is 24.4 Å². The second-order valence-corrected chi connectivity index (χ2v) is 9.68. The molecule has 0 aliphatic carbocycles. The van der Waals surface area contributed by atoms with Crippen LogP contribution in [0.2, 0.25) is 0 Å². The molecular formula is C31H19F8N5O2. The molecule has 0 aliphatic rings. The molecule has 0 atom stereocenters. The van der Waals surface area contributed by atoms with Crippen LogP contribution in [0.5, 0.6) is 0 Å². The van der Waals surface area contributed by atoms with Gasteiger partial charge in [0, 0.05) is 17.3 Å². The lowest BCUT2D eigenvalue weighted by atomic mass is 9.98. The summed E-state index contributed by atoms with van der Waals surface area (Å²) < 4.78 is 106. The van der Waals surface area contributed by atoms with Gasteiger partial charge in [-0.15, -0.1) is 0 Å². The van der Waals surface area contributed by atoms with Crippen molar-refractivity contribution < 1.29 is 44.7 Å². The minimum Gasteiger partial charge on any atom is -0.308 e. The molecule has 46 heavy (non-hydrogen) atoms. The van der Waals surface area contributed by atoms with Crippen molar-refractivity contribution in [3.8, 4) is 11.1 Å². The number of fused-ring (bicyclic) bond motifs is 1. The van der Waals surface area contributed by atoms with E-state index in [2.05, 4.69) is 20.9 Å². The fourth-order valence-corrected chi connectivity index (χ4v) is 4.46. The first-order chi connectivity index (χ1) is 21.7. The number of amides is 4. The molecule has 0 saturated heterocycles. The number of carbonyl (C=O) groups is 2. The second kappa shape index (κ2) is 12.3. The Morgan fingerprint density at radius 2 is 1.15 bits per heavy atom. The van der Waals surface area contributed by atoms with Crippen LogP contribution in [0.3, 0.4) is 0 Å². The van der Waals surface area contributed by atoms with Crippen LogP contribution in [0.15, 0.2) is 91.1 Å². The Hall–Kier alpha value is -5.73. The third-order valence-electron chi connectivity index (χ3n) is 6.55. The Balaban J connectivity index is 1.36. The van der Waals surface area contributed by atoms with Gasteiger partial charge in [-0.05, 0) is 71.1 Å². The largest absolute Gasteiger partial charge is 0.416 e. The molecule has 7 nitrogen and oxygen atoms in total. The van der Waals surface area contributed by atoms with Crippen LogP contribution in [-0.4, -0.2) is 17.0 Å². The molecule has 5 aromatic rings. The molecule has 5 rings (SSSR count). The molecule has 0 saturated carbocycles. The number of benzene rings is 4. The fourth-order valence-electron chi connectivity index (χ4n) is 4.46. The molecule has 0 aliphatic heterocycles. The topological polar surface area (TPSA) is 95.2 Å². The van der Waals surface area contributed by atoms with E-state index in [1.165, 1.54) is 18.3 Å². The third kappa shape index (κ3) is 7.14. The van der Waals surface area contributed by atoms with Crippen molar-refractivity contribution in [1.82, 2.24) is 4.98 Å². The Labute approximate surface area is 254 Å². The van der Waals surface area contributed by atoms with Crippen molar-refractivity contribution in [3.63, 3.8) is 0 Å². The van der Waals surface area contributed by atoms with Crippen LogP contribution in [-0.2, 0) is 12.4 Å². The lowest BCUT2D eigenvalue weighted by molar-refractivity contribution is -0.138. The molecule has 0 radical (unpaired) electrons. The third-order valence-corrected chi connectivity index (χ3v) is 6.55. The molecule has 1 heterocycles. The Kier molecular flexibility index (Phi) is 8.50. The first-order valence-electron chi connectivity index (χ1n) is 13.1. The number of hydrogen-bond acceptors (Lipinski definition) is 3. The highest BCUT2D eigenvalue weighted by Crippen LogP contribution is 2.35. The van der Waals surface area contributed by atoms with Crippen LogP contribution in [0, 0.1) is 11.6 Å². The van der Waals surface area contributed by atoms with Gasteiger partial charge in [-0.1, -0.05) is 30.3 Å². The average Bonchev–Trinajstić information content (AvgIpc) is 2.98. The number of aromatic nitrogens is 1. The Morgan fingerprint density at radius 3 is 1.74 bits per heavy atom. The number of carbonyl (C=O) groups excluding carboxylic acids is 2. The molecule has 15 heteroatoms. The van der Waals surface area contributed by atoms with Crippen LogP contribution in [0.1, 0.15) is 11.1 Å². The molecule has 236 valence electrons. The zero-order valence-corrected chi connectivity index (χ0v) is 22.9. The van der Waals surface area contributed by atoms with Crippen molar-refractivity contribution >= 4 is 45.7 Å². The van der Waals surface area contributed by atoms with E-state index in [-0.39, 0.29) is 11.5 Å². The minimum atomic E-state index is -4.76. The molecule has 0 spiro atoms. The maximum Gasteiger partial charge on any atom is 0.416 e. The molecule has 4 amide bonds. The summed E-state index contributed by atoms with van der Waals surface area (Å²) in [6.45, 7) is 0. The number of urea groups is 2. The number of halogens is 8. The summed E-state index contributed by atoms with van der Waals surface area (Å²) in [4.78, 5) is 29.3. The SMILES string of the molecule is O=C(Nc1cccc(-c2cccc3c(NC(=O)Nc4cc(C(F)(F)F)ccc4F)nccc23)c1)Nc1cc(C(F)(F)F)ccc1F. The van der Waals surface area contributed by atoms with E-state index in [9.17, 15) is 44.7 Å². The molecule has 4 N–H and O–H groups in total. The number of anilines is 4. The van der Waals surface area contributed by atoms with E-state index in [0.29, 0.717) is 58.3 Å². The summed E-state index contributed by atoms with van der Waals surface area (Å²) in [6.07, 6.45) is -8.15. The van der Waals surface area contributed by atoms with Gasteiger partial charge in [0.15, 0.2) is 0 Å². The van der Waals surface area contributed by atoms with Gasteiger partial charge in [-0.2, -0.15) is 26.3 Å². The van der Waals surface area contributed by atoms with Gasteiger partial charge in [0.25, 0.3) is 0 Å². The van der Waals surface area contributed by atoms with Gasteiger partial charge in [-0.3, -0.25) is 5.32 Å². The predicted molar refractivity (Wildman–Crippen MR) is 155 cm³/mol. The maximum absolute atomic E-state index is 14.1. The standard InChI is InChI=1S/C31H19F8N5O2/c32-23-9-7-17(30(34,35)36)14-25(23)42-28(45)41-19-4-1-3-16(13-19)20-5-2-6-22-21(20)11-12-40-27(22)44-29(46)43-26-15-18(31(37,38)39)8-10-24(26)33/h1-15H,(H2,41,42,45)(H2,40,43,44,46). The van der Waals surface area contributed by atoms with E-state index < -0.39 is 58.6 Å². The van der Waals surface area contributed by atoms with Gasteiger partial charge in [0.05, 0.1) is 22.5 Å². The number of nitrogens with zero attached hydrogens (tertiary/aromatic N) is 1. The summed E-state index contributed by atoms with van der Waals surface area (Å²) in [6, 6.07) is 14.0. The first-order valence-corrected chi connectivity index (χ1v) is 13.1. The number of pyridine rings is 1. The number of hydrogen-bond donors (Lipinski definition) is 4. The van der Waals surface area contributed by atoms with Gasteiger partial charge < -0.3 is 16.0 Å². The molecular weight excluding hydrogens is 626 g/mol. The second-order valence-electron chi connectivity index (χ2n) is 9.68. The quantitative estimate of drug-likeness (QED) is 0.143. The average molecular weight is 646 g/mol. The minimum absolute atomic E-state index is 0.000931. The van der Waals surface area contributed by atoms with Crippen molar-refractivity contribution in [2.24, 2.45) is 0 Å². The van der Waals surface area contributed by atoms with Crippen LogP contribution >= 0.6 is 0 Å². The highest BCUT2D eigenvalue weighted by Gasteiger charge is 2.32. The monoisotopic (exact) mass is 645 g/mol. The Morgan fingerprint density at radius 1 is 0.587 bits per heavy atom. The van der Waals surface area contributed by atoms with Crippen LogP contribution in [0.4, 0.5) is 67.6 Å². The van der Waals surface area contributed by atoms with E-state index in [1.807, 2.05) is 5.32 Å². The number of alkyl halides is 6. The Bertz CT molecular complexity index is 1960. The zero-order chi connectivity index (χ0) is 33.2. The predicted octanol–water partition coefficient (Wildman–Crippen LogP) is 9.51. The molecule has 0 fully saturated rings. The first kappa shape index (κ1) is 31.7. The highest BCUT2D eigenvalue weighted by atomic mass is 19.4. The summed E-state index contributed by atoms with van der Waals surface area (Å²) in [5, 5.41) is 9.89. The summed E-state index contributed by atoms with van der Waals surface area (Å²) >= 11 is 0.